The van der Waals surface area contributed by atoms with E-state index in [1.54, 1.807) is 4.90 Å². The Kier molecular flexibility index (Phi) is 8.88. The van der Waals surface area contributed by atoms with Crippen LogP contribution in [0.1, 0.15) is 28.8 Å². The molecule has 0 radical (unpaired) electrons. The lowest BCUT2D eigenvalue weighted by atomic mass is 9.95. The van der Waals surface area contributed by atoms with Crippen LogP contribution in [0.3, 0.4) is 0 Å². The third kappa shape index (κ3) is 6.04. The zero-order valence-electron chi connectivity index (χ0n) is 26.1. The Morgan fingerprint density at radius 2 is 1.96 bits per heavy atom. The van der Waals surface area contributed by atoms with Crippen molar-refractivity contribution in [1.82, 2.24) is 20.1 Å². The average molecular weight is 605 g/mol. The number of pyridine rings is 1. The van der Waals surface area contributed by atoms with Gasteiger partial charge >= 0.3 is 0 Å². The molecule has 2 fully saturated rings. The molecule has 0 saturated carbocycles. The van der Waals surface area contributed by atoms with Crippen molar-refractivity contribution >= 4 is 28.1 Å². The molecule has 0 bridgehead atoms. The summed E-state index contributed by atoms with van der Waals surface area (Å²) in [6.07, 6.45) is 2.21. The highest BCUT2D eigenvalue weighted by Crippen LogP contribution is 2.40. The minimum Gasteiger partial charge on any atom is -0.475 e. The first-order chi connectivity index (χ1) is 21.9. The number of nitriles is 2. The van der Waals surface area contributed by atoms with Gasteiger partial charge in [-0.3, -0.25) is 4.79 Å². The zero-order chi connectivity index (χ0) is 31.5. The van der Waals surface area contributed by atoms with Crippen molar-refractivity contribution in [2.75, 3.05) is 69.3 Å². The van der Waals surface area contributed by atoms with Gasteiger partial charge < -0.3 is 29.7 Å². The number of piperazine rings is 2. The third-order valence-electron chi connectivity index (χ3n) is 9.30. The lowest BCUT2D eigenvalue weighted by Crippen LogP contribution is -2.55. The van der Waals surface area contributed by atoms with E-state index in [4.69, 9.17) is 9.72 Å². The van der Waals surface area contributed by atoms with Gasteiger partial charge in [-0.1, -0.05) is 36.9 Å². The molecule has 1 N–H and O–H groups in total. The number of carbonyl (C=O) groups excluding carboxylic acids is 1. The van der Waals surface area contributed by atoms with Crippen molar-refractivity contribution < 1.29 is 9.53 Å². The Labute approximate surface area is 265 Å². The summed E-state index contributed by atoms with van der Waals surface area (Å²) < 4.78 is 6.40. The van der Waals surface area contributed by atoms with Gasteiger partial charge in [0, 0.05) is 62.5 Å². The Morgan fingerprint density at radius 1 is 1.13 bits per heavy atom. The summed E-state index contributed by atoms with van der Waals surface area (Å²) >= 11 is 0. The van der Waals surface area contributed by atoms with E-state index in [9.17, 15) is 15.3 Å². The maximum Gasteiger partial charge on any atom is 0.246 e. The SMILES string of the molecule is C=CC(=O)N1CCN(c2c(C#N)c(OCC3CN(C)CCN3)nc3c2CCN(c2cccc4cccc(C)c24)C3)CC1CC#N. The molecule has 0 spiro atoms. The molecule has 3 aliphatic heterocycles. The van der Waals surface area contributed by atoms with E-state index in [0.29, 0.717) is 50.7 Å². The Hall–Kier alpha value is -4.64. The number of hydrogen-bond donors (Lipinski definition) is 1. The molecule has 4 heterocycles. The third-order valence-corrected chi connectivity index (χ3v) is 9.30. The largest absolute Gasteiger partial charge is 0.475 e. The molecule has 3 aliphatic rings. The number of fused-ring (bicyclic) bond motifs is 2. The molecule has 232 valence electrons. The van der Waals surface area contributed by atoms with Gasteiger partial charge in [-0.2, -0.15) is 10.5 Å². The number of benzene rings is 2. The first-order valence-corrected chi connectivity index (χ1v) is 15.7. The fourth-order valence-corrected chi connectivity index (χ4v) is 7.09. The Morgan fingerprint density at radius 3 is 2.71 bits per heavy atom. The van der Waals surface area contributed by atoms with Gasteiger partial charge in [0.05, 0.1) is 42.5 Å². The molecule has 2 saturated heterocycles. The second-order valence-electron chi connectivity index (χ2n) is 12.2. The number of carbonyl (C=O) groups is 1. The maximum absolute atomic E-state index is 12.6. The molecule has 10 heteroatoms. The monoisotopic (exact) mass is 604 g/mol. The number of aromatic nitrogens is 1. The minimum absolute atomic E-state index is 0.125. The second kappa shape index (κ2) is 13.2. The molecule has 10 nitrogen and oxygen atoms in total. The summed E-state index contributed by atoms with van der Waals surface area (Å²) in [4.78, 5) is 26.2. The van der Waals surface area contributed by atoms with Crippen LogP contribution in [0.25, 0.3) is 10.8 Å². The fourth-order valence-electron chi connectivity index (χ4n) is 7.09. The molecular weight excluding hydrogens is 564 g/mol. The number of rotatable bonds is 7. The molecule has 3 aromatic rings. The van der Waals surface area contributed by atoms with Crippen LogP contribution in [0.15, 0.2) is 49.1 Å². The number of aryl methyl sites for hydroxylation is 1. The van der Waals surface area contributed by atoms with Crippen molar-refractivity contribution in [1.29, 1.82) is 10.5 Å². The van der Waals surface area contributed by atoms with Crippen LogP contribution >= 0.6 is 0 Å². The van der Waals surface area contributed by atoms with Crippen molar-refractivity contribution in [3.63, 3.8) is 0 Å². The van der Waals surface area contributed by atoms with Gasteiger partial charge in [0.2, 0.25) is 11.8 Å². The van der Waals surface area contributed by atoms with Crippen LogP contribution in [-0.2, 0) is 17.8 Å². The van der Waals surface area contributed by atoms with E-state index in [-0.39, 0.29) is 24.4 Å². The Bertz CT molecular complexity index is 1690. The summed E-state index contributed by atoms with van der Waals surface area (Å²) in [6.45, 7) is 11.7. The molecule has 0 aliphatic carbocycles. The van der Waals surface area contributed by atoms with Crippen molar-refractivity contribution in [2.24, 2.45) is 0 Å². The molecule has 45 heavy (non-hydrogen) atoms. The molecule has 6 rings (SSSR count). The number of anilines is 2. The highest BCUT2D eigenvalue weighted by molar-refractivity contribution is 5.97. The predicted molar refractivity (Wildman–Crippen MR) is 175 cm³/mol. The van der Waals surface area contributed by atoms with Gasteiger partial charge in [-0.25, -0.2) is 4.98 Å². The number of hydrogen-bond acceptors (Lipinski definition) is 9. The molecule has 2 aromatic carbocycles. The van der Waals surface area contributed by atoms with Crippen LogP contribution in [0.4, 0.5) is 11.4 Å². The van der Waals surface area contributed by atoms with E-state index < -0.39 is 0 Å². The standard InChI is InChI=1S/C35H40N8O2/c1-4-32(44)43-18-17-42(21-27(43)11-13-36)34-28-12-15-41(31-10-6-9-25-8-5-7-24(2)33(25)31)22-30(28)39-35(29(34)19-37)45-23-26-20-40(3)16-14-38-26/h4-10,26-27,38H,1,11-12,14-18,20-23H2,2-3H3. The van der Waals surface area contributed by atoms with Gasteiger partial charge in [0.1, 0.15) is 18.2 Å². The highest BCUT2D eigenvalue weighted by atomic mass is 16.5. The molecular formula is C35H40N8O2. The van der Waals surface area contributed by atoms with Crippen LogP contribution in [0.5, 0.6) is 5.88 Å². The summed E-state index contributed by atoms with van der Waals surface area (Å²) in [5.74, 6) is 0.167. The number of likely N-dealkylation sites (N-methyl/N-ethyl adjacent to an activating group) is 1. The topological polar surface area (TPSA) is 112 Å². The minimum atomic E-state index is -0.310. The quantitative estimate of drug-likeness (QED) is 0.406. The van der Waals surface area contributed by atoms with Crippen molar-refractivity contribution in [3.8, 4) is 18.0 Å². The molecule has 2 unspecified atom stereocenters. The van der Waals surface area contributed by atoms with E-state index >= 15 is 0 Å². The van der Waals surface area contributed by atoms with Gasteiger partial charge in [-0.15, -0.1) is 0 Å². The van der Waals surface area contributed by atoms with E-state index in [1.807, 2.05) is 0 Å². The number of amides is 1. The van der Waals surface area contributed by atoms with E-state index in [0.717, 1.165) is 43.1 Å². The molecule has 2 atom stereocenters. The van der Waals surface area contributed by atoms with Gasteiger partial charge in [0.25, 0.3) is 0 Å². The summed E-state index contributed by atoms with van der Waals surface area (Å²) in [5, 5.41) is 26.1. The van der Waals surface area contributed by atoms with E-state index in [1.165, 1.54) is 28.1 Å². The smallest absolute Gasteiger partial charge is 0.246 e. The van der Waals surface area contributed by atoms with Crippen LogP contribution < -0.4 is 19.9 Å². The predicted octanol–water partition coefficient (Wildman–Crippen LogP) is 3.38. The first-order valence-electron chi connectivity index (χ1n) is 15.7. The van der Waals surface area contributed by atoms with E-state index in [2.05, 4.69) is 89.1 Å². The highest BCUT2D eigenvalue weighted by Gasteiger charge is 2.35. The summed E-state index contributed by atoms with van der Waals surface area (Å²) in [7, 11) is 2.10. The van der Waals surface area contributed by atoms with Gasteiger partial charge in [-0.05, 0) is 43.5 Å². The Balaban J connectivity index is 1.39. The maximum atomic E-state index is 12.6. The molecule has 1 amide bonds. The fraction of sp³-hybridized carbons (Fsp3) is 0.429. The molecule has 1 aromatic heterocycles. The van der Waals surface area contributed by atoms with Crippen molar-refractivity contribution in [3.05, 3.63) is 71.4 Å². The lowest BCUT2D eigenvalue weighted by molar-refractivity contribution is -0.128. The second-order valence-corrected chi connectivity index (χ2v) is 12.2. The van der Waals surface area contributed by atoms with Crippen molar-refractivity contribution in [2.45, 2.75) is 38.4 Å². The van der Waals surface area contributed by atoms with Crippen LogP contribution in [0.2, 0.25) is 0 Å². The van der Waals surface area contributed by atoms with Gasteiger partial charge in [0.15, 0.2) is 0 Å². The summed E-state index contributed by atoms with van der Waals surface area (Å²) in [6, 6.07) is 17.3. The number of ether oxygens (including phenoxy) is 1. The zero-order valence-corrected chi connectivity index (χ0v) is 26.1. The number of nitrogens with zero attached hydrogens (tertiary/aromatic N) is 7. The average Bonchev–Trinajstić information content (AvgIpc) is 3.06. The van der Waals surface area contributed by atoms with Crippen LogP contribution in [0, 0.1) is 29.6 Å². The normalized spacial score (nSPS) is 20.3. The number of nitrogens with one attached hydrogen (secondary N) is 1. The van der Waals surface area contributed by atoms with Crippen LogP contribution in [-0.4, -0.2) is 92.2 Å². The first kappa shape index (κ1) is 30.4. The lowest BCUT2D eigenvalue weighted by Gasteiger charge is -2.43. The summed E-state index contributed by atoms with van der Waals surface area (Å²) in [5.41, 5.74) is 5.59.